The Morgan fingerprint density at radius 2 is 1.55 bits per heavy atom. The number of nitrogens with zero attached hydrogens (tertiary/aromatic N) is 2. The van der Waals surface area contributed by atoms with Gasteiger partial charge in [0.05, 0.1) is 11.3 Å². The van der Waals surface area contributed by atoms with Crippen molar-refractivity contribution in [1.29, 1.82) is 0 Å². The monoisotopic (exact) mass is 456 g/mol. The predicted octanol–water partition coefficient (Wildman–Crippen LogP) is 6.05. The first-order chi connectivity index (χ1) is 14.5. The van der Waals surface area contributed by atoms with Gasteiger partial charge in [0.1, 0.15) is 11.4 Å². The molecule has 3 rings (SSSR count). The molecule has 168 valence electrons. The van der Waals surface area contributed by atoms with E-state index in [9.17, 15) is 22.4 Å². The van der Waals surface area contributed by atoms with Crippen molar-refractivity contribution in [2.45, 2.75) is 42.3 Å². The normalized spacial score (nSPS) is 15.2. The highest BCUT2D eigenvalue weighted by Gasteiger charge is 2.39. The molecule has 1 aliphatic rings. The first-order valence-electron chi connectivity index (χ1n) is 9.81. The van der Waals surface area contributed by atoms with Crippen LogP contribution in [-0.4, -0.2) is 42.8 Å². The largest absolute Gasteiger partial charge is 0.444 e. The molecule has 0 saturated carbocycles. The van der Waals surface area contributed by atoms with Crippen molar-refractivity contribution in [2.24, 2.45) is 0 Å². The molecule has 0 unspecified atom stereocenters. The zero-order valence-electron chi connectivity index (χ0n) is 17.5. The van der Waals surface area contributed by atoms with Gasteiger partial charge in [0.2, 0.25) is 0 Å². The van der Waals surface area contributed by atoms with E-state index in [0.29, 0.717) is 0 Å². The maximum Gasteiger partial charge on any atom is 0.419 e. The molecule has 0 aromatic heterocycles. The highest BCUT2D eigenvalue weighted by molar-refractivity contribution is 7.99. The molecule has 1 heterocycles. The summed E-state index contributed by atoms with van der Waals surface area (Å²) in [7, 11) is 0. The summed E-state index contributed by atoms with van der Waals surface area (Å²) in [4.78, 5) is 15.4. The molecule has 1 aliphatic heterocycles. The molecular weight excluding hydrogens is 432 g/mol. The summed E-state index contributed by atoms with van der Waals surface area (Å²) in [6.07, 6.45) is -5.10. The van der Waals surface area contributed by atoms with Crippen LogP contribution in [0.25, 0.3) is 0 Å². The molecule has 31 heavy (non-hydrogen) atoms. The van der Waals surface area contributed by atoms with Crippen molar-refractivity contribution in [2.75, 3.05) is 31.1 Å². The number of piperazine rings is 1. The van der Waals surface area contributed by atoms with Gasteiger partial charge in [-0.15, -0.1) is 0 Å². The van der Waals surface area contributed by atoms with Gasteiger partial charge in [-0.3, -0.25) is 0 Å². The van der Waals surface area contributed by atoms with E-state index >= 15 is 0 Å². The lowest BCUT2D eigenvalue weighted by Crippen LogP contribution is -2.50. The molecule has 1 saturated heterocycles. The third-order valence-corrected chi connectivity index (χ3v) is 5.73. The van der Waals surface area contributed by atoms with E-state index in [-0.39, 0.29) is 41.7 Å². The van der Waals surface area contributed by atoms with E-state index in [1.54, 1.807) is 31.7 Å². The summed E-state index contributed by atoms with van der Waals surface area (Å²) < 4.78 is 61.5. The van der Waals surface area contributed by atoms with Crippen LogP contribution in [0.1, 0.15) is 26.3 Å². The van der Waals surface area contributed by atoms with Gasteiger partial charge in [-0.2, -0.15) is 13.2 Å². The summed E-state index contributed by atoms with van der Waals surface area (Å²) >= 11 is 0.751. The minimum atomic E-state index is -4.62. The summed E-state index contributed by atoms with van der Waals surface area (Å²) in [6, 6.07) is 10.0. The van der Waals surface area contributed by atoms with Gasteiger partial charge in [0.15, 0.2) is 0 Å². The Bertz CT molecular complexity index is 936. The second-order valence-corrected chi connectivity index (χ2v) is 9.22. The Labute approximate surface area is 183 Å². The molecule has 2 aromatic carbocycles. The fourth-order valence-electron chi connectivity index (χ4n) is 3.26. The van der Waals surface area contributed by atoms with Gasteiger partial charge in [-0.25, -0.2) is 9.18 Å². The lowest BCUT2D eigenvalue weighted by atomic mass is 10.1. The smallest absolute Gasteiger partial charge is 0.419 e. The third kappa shape index (κ3) is 5.84. The van der Waals surface area contributed by atoms with Gasteiger partial charge in [-0.05, 0) is 45.0 Å². The van der Waals surface area contributed by atoms with Crippen LogP contribution in [0, 0.1) is 5.82 Å². The zero-order chi connectivity index (χ0) is 22.8. The first kappa shape index (κ1) is 23.2. The van der Waals surface area contributed by atoms with Gasteiger partial charge in [0.25, 0.3) is 0 Å². The van der Waals surface area contributed by atoms with Crippen molar-refractivity contribution >= 4 is 23.5 Å². The minimum absolute atomic E-state index is 0.0256. The SMILES string of the molecule is CC(C)(C)OC(=O)N1CCN(c2cccc(Sc3ccccc3F)c2C(F)(F)F)CC1. The number of benzene rings is 2. The highest BCUT2D eigenvalue weighted by atomic mass is 32.2. The number of alkyl halides is 3. The zero-order valence-corrected chi connectivity index (χ0v) is 18.3. The number of ether oxygens (including phenoxy) is 1. The van der Waals surface area contributed by atoms with E-state index in [1.807, 2.05) is 0 Å². The van der Waals surface area contributed by atoms with Crippen molar-refractivity contribution in [3.8, 4) is 0 Å². The lowest BCUT2D eigenvalue weighted by molar-refractivity contribution is -0.139. The Morgan fingerprint density at radius 3 is 2.13 bits per heavy atom. The molecule has 0 aliphatic carbocycles. The average molecular weight is 457 g/mol. The molecule has 0 bridgehead atoms. The fourth-order valence-corrected chi connectivity index (χ4v) is 4.27. The van der Waals surface area contributed by atoms with Crippen LogP contribution < -0.4 is 4.90 Å². The molecule has 0 N–H and O–H groups in total. The van der Waals surface area contributed by atoms with Crippen LogP contribution in [-0.2, 0) is 10.9 Å². The lowest BCUT2D eigenvalue weighted by Gasteiger charge is -2.38. The number of hydrogen-bond acceptors (Lipinski definition) is 4. The Balaban J connectivity index is 1.84. The molecule has 0 radical (unpaired) electrons. The molecule has 0 atom stereocenters. The standard InChI is InChI=1S/C22H24F4N2O2S/c1-21(2,3)30-20(29)28-13-11-27(12-14-28)16-8-6-10-18(19(16)22(24,25)26)31-17-9-5-4-7-15(17)23/h4-10H,11-14H2,1-3H3. The maximum atomic E-state index is 14.0. The quantitative estimate of drug-likeness (QED) is 0.526. The second kappa shape index (κ2) is 8.98. The van der Waals surface area contributed by atoms with Gasteiger partial charge in [0, 0.05) is 36.0 Å². The number of anilines is 1. The molecule has 1 amide bonds. The highest BCUT2D eigenvalue weighted by Crippen LogP contribution is 2.45. The molecule has 1 fully saturated rings. The van der Waals surface area contributed by atoms with Gasteiger partial charge < -0.3 is 14.5 Å². The number of rotatable bonds is 3. The second-order valence-electron chi connectivity index (χ2n) is 8.13. The van der Waals surface area contributed by atoms with Crippen LogP contribution >= 0.6 is 11.8 Å². The number of carbonyl (C=O) groups is 1. The van der Waals surface area contributed by atoms with Crippen molar-refractivity contribution in [3.05, 3.63) is 53.8 Å². The van der Waals surface area contributed by atoms with Gasteiger partial charge >= 0.3 is 12.3 Å². The van der Waals surface area contributed by atoms with Gasteiger partial charge in [-0.1, -0.05) is 30.0 Å². The predicted molar refractivity (Wildman–Crippen MR) is 112 cm³/mol. The van der Waals surface area contributed by atoms with Crippen molar-refractivity contribution in [3.63, 3.8) is 0 Å². The molecule has 0 spiro atoms. The van der Waals surface area contributed by atoms with Crippen molar-refractivity contribution in [1.82, 2.24) is 4.90 Å². The summed E-state index contributed by atoms with van der Waals surface area (Å²) in [6.45, 7) is 6.24. The number of hydrogen-bond donors (Lipinski definition) is 0. The van der Waals surface area contributed by atoms with Crippen LogP contribution in [0.2, 0.25) is 0 Å². The van der Waals surface area contributed by atoms with Crippen LogP contribution in [0.3, 0.4) is 0 Å². The first-order valence-corrected chi connectivity index (χ1v) is 10.6. The molecule has 9 heteroatoms. The van der Waals surface area contributed by atoms with E-state index < -0.39 is 29.3 Å². The van der Waals surface area contributed by atoms with Crippen LogP contribution in [0.15, 0.2) is 52.3 Å². The topological polar surface area (TPSA) is 32.8 Å². The Kier molecular flexibility index (Phi) is 6.73. The molecule has 4 nitrogen and oxygen atoms in total. The van der Waals surface area contributed by atoms with E-state index in [1.165, 1.54) is 41.3 Å². The van der Waals surface area contributed by atoms with E-state index in [4.69, 9.17) is 4.74 Å². The number of halogens is 4. The van der Waals surface area contributed by atoms with E-state index in [0.717, 1.165) is 11.8 Å². The summed E-state index contributed by atoms with van der Waals surface area (Å²) in [5.74, 6) is -0.572. The summed E-state index contributed by atoms with van der Waals surface area (Å²) in [5, 5.41) is 0. The third-order valence-electron chi connectivity index (χ3n) is 4.62. The molecule has 2 aromatic rings. The molecular formula is C22H24F4N2O2S. The Morgan fingerprint density at radius 1 is 0.935 bits per heavy atom. The fraction of sp³-hybridized carbons (Fsp3) is 0.409. The van der Waals surface area contributed by atoms with Crippen LogP contribution in [0.5, 0.6) is 0 Å². The van der Waals surface area contributed by atoms with Crippen LogP contribution in [0.4, 0.5) is 28.0 Å². The minimum Gasteiger partial charge on any atom is -0.444 e. The number of carbonyl (C=O) groups excluding carboxylic acids is 1. The Hall–Kier alpha value is -2.42. The van der Waals surface area contributed by atoms with E-state index in [2.05, 4.69) is 0 Å². The average Bonchev–Trinajstić information content (AvgIpc) is 2.67. The van der Waals surface area contributed by atoms with Crippen molar-refractivity contribution < 1.29 is 27.1 Å². The maximum absolute atomic E-state index is 14.0. The summed E-state index contributed by atoms with van der Waals surface area (Å²) in [5.41, 5.74) is -1.41. The number of amides is 1.